The molecule has 1 aliphatic rings. The van der Waals surface area contributed by atoms with Gasteiger partial charge in [-0.1, -0.05) is 24.2 Å². The number of amides is 1. The maximum atomic E-state index is 11.6. The van der Waals surface area contributed by atoms with Crippen molar-refractivity contribution in [2.45, 2.75) is 31.7 Å². The fourth-order valence-corrected chi connectivity index (χ4v) is 2.31. The molecule has 1 fully saturated rings. The Balaban J connectivity index is 1.95. The van der Waals surface area contributed by atoms with Gasteiger partial charge in [0.15, 0.2) is 5.13 Å². The van der Waals surface area contributed by atoms with E-state index in [0.29, 0.717) is 16.1 Å². The van der Waals surface area contributed by atoms with Crippen LogP contribution in [0.25, 0.3) is 0 Å². The van der Waals surface area contributed by atoms with Gasteiger partial charge in [0.2, 0.25) is 0 Å². The summed E-state index contributed by atoms with van der Waals surface area (Å²) in [5.74, 6) is -0.0360. The van der Waals surface area contributed by atoms with Crippen molar-refractivity contribution in [3.63, 3.8) is 0 Å². The molecule has 1 amide bonds. The predicted octanol–water partition coefficient (Wildman–Crippen LogP) is 1.40. The smallest absolute Gasteiger partial charge is 0.263 e. The average molecular weight is 211 g/mol. The van der Waals surface area contributed by atoms with E-state index < -0.39 is 0 Å². The minimum atomic E-state index is -0.0360. The van der Waals surface area contributed by atoms with Gasteiger partial charge >= 0.3 is 0 Å². The summed E-state index contributed by atoms with van der Waals surface area (Å²) in [5, 5.41) is 3.43. The number of nitrogens with zero attached hydrogens (tertiary/aromatic N) is 1. The van der Waals surface area contributed by atoms with Gasteiger partial charge < -0.3 is 11.1 Å². The second-order valence-electron chi connectivity index (χ2n) is 3.52. The lowest BCUT2D eigenvalue weighted by molar-refractivity contribution is 0.0942. The Bertz CT molecular complexity index is 331. The number of nitrogens with two attached hydrogens (primary N) is 1. The molecule has 1 aromatic heterocycles. The molecule has 0 atom stereocenters. The van der Waals surface area contributed by atoms with Gasteiger partial charge in [-0.05, 0) is 12.8 Å². The van der Waals surface area contributed by atoms with Crippen molar-refractivity contribution in [1.82, 2.24) is 10.3 Å². The van der Waals surface area contributed by atoms with Crippen LogP contribution in [0.1, 0.15) is 35.4 Å². The number of nitrogens with one attached hydrogen (secondary N) is 1. The van der Waals surface area contributed by atoms with Gasteiger partial charge in [-0.3, -0.25) is 4.79 Å². The van der Waals surface area contributed by atoms with E-state index in [4.69, 9.17) is 5.73 Å². The van der Waals surface area contributed by atoms with E-state index >= 15 is 0 Å². The summed E-state index contributed by atoms with van der Waals surface area (Å²) in [5.41, 5.74) is 5.45. The van der Waals surface area contributed by atoms with Crippen molar-refractivity contribution in [3.05, 3.63) is 11.1 Å². The number of carbonyl (C=O) groups is 1. The fraction of sp³-hybridized carbons (Fsp3) is 0.556. The van der Waals surface area contributed by atoms with Crippen LogP contribution in [0.5, 0.6) is 0 Å². The number of rotatable bonds is 2. The Kier molecular flexibility index (Phi) is 2.67. The van der Waals surface area contributed by atoms with Crippen molar-refractivity contribution in [1.29, 1.82) is 0 Å². The highest BCUT2D eigenvalue weighted by Gasteiger charge is 2.18. The first-order chi connectivity index (χ1) is 6.75. The number of nitrogen functional groups attached to an aromatic ring is 1. The normalized spacial score (nSPS) is 17.1. The van der Waals surface area contributed by atoms with Crippen LogP contribution in [0.4, 0.5) is 5.13 Å². The van der Waals surface area contributed by atoms with Crippen LogP contribution in [0.15, 0.2) is 6.20 Å². The number of thiazole rings is 1. The molecule has 3 N–H and O–H groups in total. The molecule has 2 rings (SSSR count). The zero-order valence-electron chi connectivity index (χ0n) is 7.82. The zero-order valence-corrected chi connectivity index (χ0v) is 8.64. The van der Waals surface area contributed by atoms with Crippen molar-refractivity contribution in [3.8, 4) is 0 Å². The molecule has 0 aromatic carbocycles. The summed E-state index contributed by atoms with van der Waals surface area (Å²) < 4.78 is 0. The molecule has 14 heavy (non-hydrogen) atoms. The Morgan fingerprint density at radius 1 is 1.57 bits per heavy atom. The number of hydrogen-bond donors (Lipinski definition) is 2. The molecule has 0 saturated heterocycles. The number of aromatic nitrogens is 1. The monoisotopic (exact) mass is 211 g/mol. The first-order valence-corrected chi connectivity index (χ1v) is 5.59. The highest BCUT2D eigenvalue weighted by molar-refractivity contribution is 7.17. The van der Waals surface area contributed by atoms with Crippen LogP contribution in [0, 0.1) is 0 Å². The molecule has 76 valence electrons. The van der Waals surface area contributed by atoms with Crippen molar-refractivity contribution < 1.29 is 4.79 Å². The van der Waals surface area contributed by atoms with E-state index in [2.05, 4.69) is 10.3 Å². The Hall–Kier alpha value is -1.10. The van der Waals surface area contributed by atoms with E-state index in [1.165, 1.54) is 30.4 Å². The summed E-state index contributed by atoms with van der Waals surface area (Å²) in [6.45, 7) is 0. The van der Waals surface area contributed by atoms with E-state index in [0.717, 1.165) is 12.8 Å². The molecule has 1 saturated carbocycles. The van der Waals surface area contributed by atoms with Crippen molar-refractivity contribution >= 4 is 22.4 Å². The molecule has 0 bridgehead atoms. The van der Waals surface area contributed by atoms with Crippen LogP contribution in [0.3, 0.4) is 0 Å². The highest BCUT2D eigenvalue weighted by Crippen LogP contribution is 2.19. The molecule has 1 aliphatic carbocycles. The molecule has 1 aromatic rings. The first-order valence-electron chi connectivity index (χ1n) is 4.78. The Labute approximate surface area is 86.5 Å². The predicted molar refractivity (Wildman–Crippen MR) is 56.2 cm³/mol. The quantitative estimate of drug-likeness (QED) is 0.777. The van der Waals surface area contributed by atoms with E-state index in [-0.39, 0.29) is 5.91 Å². The van der Waals surface area contributed by atoms with Crippen LogP contribution in [-0.4, -0.2) is 16.9 Å². The lowest BCUT2D eigenvalue weighted by atomic mass is 10.2. The minimum Gasteiger partial charge on any atom is -0.375 e. The molecule has 0 radical (unpaired) electrons. The van der Waals surface area contributed by atoms with Crippen LogP contribution in [-0.2, 0) is 0 Å². The number of anilines is 1. The molecule has 5 heteroatoms. The topological polar surface area (TPSA) is 68.0 Å². The largest absolute Gasteiger partial charge is 0.375 e. The second kappa shape index (κ2) is 3.96. The van der Waals surface area contributed by atoms with E-state index in [9.17, 15) is 4.79 Å². The minimum absolute atomic E-state index is 0.0360. The third-order valence-electron chi connectivity index (χ3n) is 2.44. The van der Waals surface area contributed by atoms with Gasteiger partial charge in [0, 0.05) is 6.04 Å². The molecular weight excluding hydrogens is 198 g/mol. The van der Waals surface area contributed by atoms with E-state index in [1.54, 1.807) is 0 Å². The Morgan fingerprint density at radius 3 is 2.86 bits per heavy atom. The van der Waals surface area contributed by atoms with Gasteiger partial charge in [-0.15, -0.1) is 0 Å². The first kappa shape index (κ1) is 9.45. The maximum absolute atomic E-state index is 11.6. The SMILES string of the molecule is Nc1ncc(C(=O)NC2CCCC2)s1. The average Bonchev–Trinajstić information content (AvgIpc) is 2.75. The lowest BCUT2D eigenvalue weighted by Gasteiger charge is -2.09. The number of carbonyl (C=O) groups excluding carboxylic acids is 1. The summed E-state index contributed by atoms with van der Waals surface area (Å²) in [7, 11) is 0. The van der Waals surface area contributed by atoms with Crippen molar-refractivity contribution in [2.24, 2.45) is 0 Å². The van der Waals surface area contributed by atoms with Gasteiger partial charge in [0.1, 0.15) is 4.88 Å². The van der Waals surface area contributed by atoms with Gasteiger partial charge in [0.25, 0.3) is 5.91 Å². The summed E-state index contributed by atoms with van der Waals surface area (Å²) >= 11 is 1.23. The standard InChI is InChI=1S/C9H13N3OS/c10-9-11-5-7(14-9)8(13)12-6-3-1-2-4-6/h5-6H,1-4H2,(H2,10,11)(H,12,13). The third-order valence-corrected chi connectivity index (χ3v) is 3.26. The summed E-state index contributed by atoms with van der Waals surface area (Å²) in [6.07, 6.45) is 6.16. The number of hydrogen-bond acceptors (Lipinski definition) is 4. The Morgan fingerprint density at radius 2 is 2.29 bits per heavy atom. The molecule has 1 heterocycles. The summed E-state index contributed by atoms with van der Waals surface area (Å²) in [6, 6.07) is 0.353. The van der Waals surface area contributed by atoms with E-state index in [1.807, 2.05) is 0 Å². The summed E-state index contributed by atoms with van der Waals surface area (Å²) in [4.78, 5) is 16.1. The molecule has 0 aliphatic heterocycles. The van der Waals surface area contributed by atoms with Crippen LogP contribution >= 0.6 is 11.3 Å². The van der Waals surface area contributed by atoms with Crippen LogP contribution in [0.2, 0.25) is 0 Å². The maximum Gasteiger partial charge on any atom is 0.263 e. The zero-order chi connectivity index (χ0) is 9.97. The second-order valence-corrected chi connectivity index (χ2v) is 4.58. The fourth-order valence-electron chi connectivity index (χ4n) is 1.72. The molecule has 0 spiro atoms. The van der Waals surface area contributed by atoms with Crippen LogP contribution < -0.4 is 11.1 Å². The van der Waals surface area contributed by atoms with Gasteiger partial charge in [-0.2, -0.15) is 0 Å². The molecular formula is C9H13N3OS. The molecule has 4 nitrogen and oxygen atoms in total. The third kappa shape index (κ3) is 2.04. The van der Waals surface area contributed by atoms with Gasteiger partial charge in [-0.25, -0.2) is 4.98 Å². The molecule has 0 unspecified atom stereocenters. The highest BCUT2D eigenvalue weighted by atomic mass is 32.1. The van der Waals surface area contributed by atoms with Crippen molar-refractivity contribution in [2.75, 3.05) is 5.73 Å². The van der Waals surface area contributed by atoms with Gasteiger partial charge in [0.05, 0.1) is 6.20 Å². The lowest BCUT2D eigenvalue weighted by Crippen LogP contribution is -2.31.